The van der Waals surface area contributed by atoms with Crippen molar-refractivity contribution in [2.24, 2.45) is 0 Å². The van der Waals surface area contributed by atoms with Gasteiger partial charge in [-0.15, -0.1) is 0 Å². The molecular formula is C22H30ClN3O4. The van der Waals surface area contributed by atoms with Gasteiger partial charge in [-0.25, -0.2) is 4.79 Å². The van der Waals surface area contributed by atoms with Gasteiger partial charge < -0.3 is 20.3 Å². The molecule has 2 N–H and O–H groups in total. The molecular weight excluding hydrogens is 406 g/mol. The van der Waals surface area contributed by atoms with Gasteiger partial charge in [0.1, 0.15) is 5.60 Å². The summed E-state index contributed by atoms with van der Waals surface area (Å²) in [7, 11) is 0. The largest absolute Gasteiger partial charge is 0.444 e. The van der Waals surface area contributed by atoms with E-state index in [1.165, 1.54) is 6.08 Å². The Morgan fingerprint density at radius 3 is 2.50 bits per heavy atom. The molecule has 8 heteroatoms. The minimum atomic E-state index is -0.567. The van der Waals surface area contributed by atoms with Gasteiger partial charge in [0.2, 0.25) is 11.8 Å². The Balaban J connectivity index is 1.68. The molecule has 0 aromatic heterocycles. The molecule has 0 radical (unpaired) electrons. The number of hydrogen-bond acceptors (Lipinski definition) is 4. The summed E-state index contributed by atoms with van der Waals surface area (Å²) in [6.45, 7) is 6.74. The van der Waals surface area contributed by atoms with Gasteiger partial charge in [-0.2, -0.15) is 0 Å². The number of hydrogen-bond donors (Lipinski definition) is 2. The normalized spacial score (nSPS) is 15.1. The van der Waals surface area contributed by atoms with Crippen LogP contribution in [0.15, 0.2) is 30.3 Å². The number of nitrogens with zero attached hydrogens (tertiary/aromatic N) is 1. The second-order valence-electron chi connectivity index (χ2n) is 8.20. The van der Waals surface area contributed by atoms with E-state index < -0.39 is 11.7 Å². The van der Waals surface area contributed by atoms with Crippen LogP contribution in [0, 0.1) is 0 Å². The van der Waals surface area contributed by atoms with Crippen molar-refractivity contribution in [3.63, 3.8) is 0 Å². The van der Waals surface area contributed by atoms with Gasteiger partial charge >= 0.3 is 6.09 Å². The Morgan fingerprint density at radius 2 is 1.87 bits per heavy atom. The van der Waals surface area contributed by atoms with Gasteiger partial charge in [0.25, 0.3) is 0 Å². The Hall–Kier alpha value is -2.54. The summed E-state index contributed by atoms with van der Waals surface area (Å²) in [5, 5.41) is 6.15. The maximum absolute atomic E-state index is 12.3. The lowest BCUT2D eigenvalue weighted by Gasteiger charge is -2.32. The van der Waals surface area contributed by atoms with Crippen LogP contribution in [0.3, 0.4) is 0 Å². The molecule has 1 saturated heterocycles. The van der Waals surface area contributed by atoms with Crippen molar-refractivity contribution in [3.8, 4) is 0 Å². The van der Waals surface area contributed by atoms with Crippen LogP contribution in [0.25, 0.3) is 6.08 Å². The molecule has 2 rings (SSSR count). The van der Waals surface area contributed by atoms with Crippen molar-refractivity contribution in [2.45, 2.75) is 51.7 Å². The second-order valence-corrected chi connectivity index (χ2v) is 8.60. The first-order valence-corrected chi connectivity index (χ1v) is 10.5. The average Bonchev–Trinajstić information content (AvgIpc) is 2.66. The number of benzene rings is 1. The molecule has 30 heavy (non-hydrogen) atoms. The van der Waals surface area contributed by atoms with E-state index in [0.717, 1.165) is 5.56 Å². The molecule has 0 aliphatic carbocycles. The zero-order valence-corrected chi connectivity index (χ0v) is 18.5. The van der Waals surface area contributed by atoms with Crippen molar-refractivity contribution < 1.29 is 19.1 Å². The van der Waals surface area contributed by atoms with Gasteiger partial charge in [0.05, 0.1) is 0 Å². The maximum Gasteiger partial charge on any atom is 0.407 e. The Morgan fingerprint density at radius 1 is 1.20 bits per heavy atom. The van der Waals surface area contributed by atoms with Crippen LogP contribution < -0.4 is 10.6 Å². The SMILES string of the molecule is CC(C)(C)OC(=O)NCCC(=O)N1CCC(NC(=O)/C=C/c2ccccc2Cl)CC1. The van der Waals surface area contributed by atoms with Crippen LogP contribution in [0.1, 0.15) is 45.6 Å². The van der Waals surface area contributed by atoms with Crippen molar-refractivity contribution in [1.82, 2.24) is 15.5 Å². The minimum absolute atomic E-state index is 0.0190. The van der Waals surface area contributed by atoms with Crippen molar-refractivity contribution >= 4 is 35.6 Å². The van der Waals surface area contributed by atoms with E-state index in [4.69, 9.17) is 16.3 Å². The zero-order chi connectivity index (χ0) is 22.1. The van der Waals surface area contributed by atoms with Crippen LogP contribution in [-0.2, 0) is 14.3 Å². The molecule has 164 valence electrons. The quantitative estimate of drug-likeness (QED) is 0.670. The van der Waals surface area contributed by atoms with Gasteiger partial charge in [0, 0.05) is 43.2 Å². The third kappa shape index (κ3) is 8.45. The van der Waals surface area contributed by atoms with E-state index in [2.05, 4.69) is 10.6 Å². The third-order valence-corrected chi connectivity index (χ3v) is 4.86. The predicted octanol–water partition coefficient (Wildman–Crippen LogP) is 3.38. The Kier molecular flexibility index (Phi) is 8.72. The first kappa shape index (κ1) is 23.7. The van der Waals surface area contributed by atoms with Crippen LogP contribution in [0.5, 0.6) is 0 Å². The summed E-state index contributed by atoms with van der Waals surface area (Å²) in [6, 6.07) is 7.34. The summed E-state index contributed by atoms with van der Waals surface area (Å²) in [6.07, 6.45) is 4.24. The van der Waals surface area contributed by atoms with E-state index in [9.17, 15) is 14.4 Å². The number of carbonyl (C=O) groups excluding carboxylic acids is 3. The molecule has 1 fully saturated rings. The average molecular weight is 436 g/mol. The number of nitrogens with one attached hydrogen (secondary N) is 2. The monoisotopic (exact) mass is 435 g/mol. The highest BCUT2D eigenvalue weighted by Gasteiger charge is 2.23. The summed E-state index contributed by atoms with van der Waals surface area (Å²) in [5.74, 6) is -0.198. The van der Waals surface area contributed by atoms with Crippen molar-refractivity contribution in [2.75, 3.05) is 19.6 Å². The molecule has 0 bridgehead atoms. The number of carbonyl (C=O) groups is 3. The van der Waals surface area contributed by atoms with E-state index >= 15 is 0 Å². The molecule has 1 aliphatic rings. The van der Waals surface area contributed by atoms with Gasteiger partial charge in [-0.1, -0.05) is 29.8 Å². The third-order valence-electron chi connectivity index (χ3n) is 4.52. The lowest BCUT2D eigenvalue weighted by atomic mass is 10.0. The number of ether oxygens (including phenoxy) is 1. The highest BCUT2D eigenvalue weighted by molar-refractivity contribution is 6.32. The molecule has 1 heterocycles. The Bertz CT molecular complexity index is 781. The summed E-state index contributed by atoms with van der Waals surface area (Å²) >= 11 is 6.08. The van der Waals surface area contributed by atoms with E-state index in [1.807, 2.05) is 18.2 Å². The molecule has 0 atom stereocenters. The van der Waals surface area contributed by atoms with E-state index in [0.29, 0.717) is 31.0 Å². The standard InChI is InChI=1S/C22H30ClN3O4/c1-22(2,3)30-21(29)24-13-10-20(28)26-14-11-17(12-15-26)25-19(27)9-8-16-6-4-5-7-18(16)23/h4-9,17H,10-15H2,1-3H3,(H,24,29)(H,25,27)/b9-8+. The number of amides is 3. The topological polar surface area (TPSA) is 87.7 Å². The fraction of sp³-hybridized carbons (Fsp3) is 0.500. The summed E-state index contributed by atoms with van der Waals surface area (Å²) < 4.78 is 5.14. The predicted molar refractivity (Wildman–Crippen MR) is 117 cm³/mol. The van der Waals surface area contributed by atoms with E-state index in [1.54, 1.807) is 37.8 Å². The number of piperidine rings is 1. The summed E-state index contributed by atoms with van der Waals surface area (Å²) in [5.41, 5.74) is 0.220. The van der Waals surface area contributed by atoms with Crippen molar-refractivity contribution in [3.05, 3.63) is 40.9 Å². The fourth-order valence-electron chi connectivity index (χ4n) is 3.04. The smallest absolute Gasteiger partial charge is 0.407 e. The van der Waals surface area contributed by atoms with Crippen molar-refractivity contribution in [1.29, 1.82) is 0 Å². The van der Waals surface area contributed by atoms with Gasteiger partial charge in [-0.3, -0.25) is 9.59 Å². The highest BCUT2D eigenvalue weighted by Crippen LogP contribution is 2.16. The molecule has 3 amide bonds. The zero-order valence-electron chi connectivity index (χ0n) is 17.7. The number of likely N-dealkylation sites (tertiary alicyclic amines) is 1. The molecule has 0 spiro atoms. The summed E-state index contributed by atoms with van der Waals surface area (Å²) in [4.78, 5) is 37.8. The molecule has 0 saturated carbocycles. The van der Waals surface area contributed by atoms with E-state index in [-0.39, 0.29) is 30.8 Å². The first-order chi connectivity index (χ1) is 14.1. The highest BCUT2D eigenvalue weighted by atomic mass is 35.5. The fourth-order valence-corrected chi connectivity index (χ4v) is 3.24. The Labute approximate surface area is 182 Å². The first-order valence-electron chi connectivity index (χ1n) is 10.1. The molecule has 1 aliphatic heterocycles. The lowest BCUT2D eigenvalue weighted by molar-refractivity contribution is -0.132. The second kappa shape index (κ2) is 11.0. The molecule has 7 nitrogen and oxygen atoms in total. The molecule has 1 aromatic rings. The van der Waals surface area contributed by atoms with Crippen LogP contribution in [0.2, 0.25) is 5.02 Å². The minimum Gasteiger partial charge on any atom is -0.444 e. The number of halogens is 1. The molecule has 1 aromatic carbocycles. The molecule has 0 unspecified atom stereocenters. The van der Waals surface area contributed by atoms with Crippen LogP contribution in [0.4, 0.5) is 4.79 Å². The van der Waals surface area contributed by atoms with Gasteiger partial charge in [-0.05, 0) is 51.3 Å². The van der Waals surface area contributed by atoms with Crippen LogP contribution >= 0.6 is 11.6 Å². The number of rotatable bonds is 6. The number of alkyl carbamates (subject to hydrolysis) is 1. The lowest BCUT2D eigenvalue weighted by Crippen LogP contribution is -2.46. The maximum atomic E-state index is 12.3. The van der Waals surface area contributed by atoms with Gasteiger partial charge in [0.15, 0.2) is 0 Å². The van der Waals surface area contributed by atoms with Crippen LogP contribution in [-0.4, -0.2) is 54.1 Å².